The zero-order valence-corrected chi connectivity index (χ0v) is 6.43. The third kappa shape index (κ3) is 1.68. The lowest BCUT2D eigenvalue weighted by molar-refractivity contribution is 0.391. The van der Waals surface area contributed by atoms with Crippen molar-refractivity contribution < 1.29 is 0 Å². The van der Waals surface area contributed by atoms with Gasteiger partial charge >= 0.3 is 0 Å². The van der Waals surface area contributed by atoms with E-state index in [0.717, 1.165) is 11.8 Å². The van der Waals surface area contributed by atoms with Crippen molar-refractivity contribution in [2.45, 2.75) is 39.2 Å². The highest BCUT2D eigenvalue weighted by atomic mass is 14.6. The molecular weight excluding hydrogens is 110 g/mol. The SMILES string of the molecule is CC(C)C1CC[C@@H](N)C1. The molecule has 0 aromatic carbocycles. The lowest BCUT2D eigenvalue weighted by Crippen LogP contribution is -2.15. The monoisotopic (exact) mass is 127 g/mol. The summed E-state index contributed by atoms with van der Waals surface area (Å²) in [6.07, 6.45) is 3.87. The first-order valence-electron chi connectivity index (χ1n) is 3.95. The molecule has 9 heavy (non-hydrogen) atoms. The van der Waals surface area contributed by atoms with Crippen molar-refractivity contribution in [2.24, 2.45) is 17.6 Å². The van der Waals surface area contributed by atoms with Gasteiger partial charge in [-0.2, -0.15) is 0 Å². The number of hydrogen-bond acceptors (Lipinski definition) is 1. The Kier molecular flexibility index (Phi) is 2.12. The van der Waals surface area contributed by atoms with Crippen LogP contribution in [0.4, 0.5) is 0 Å². The van der Waals surface area contributed by atoms with Crippen LogP contribution in [0, 0.1) is 11.8 Å². The van der Waals surface area contributed by atoms with Crippen LogP contribution in [-0.2, 0) is 0 Å². The summed E-state index contributed by atoms with van der Waals surface area (Å²) in [5, 5.41) is 0. The van der Waals surface area contributed by atoms with Crippen LogP contribution in [0.15, 0.2) is 0 Å². The Hall–Kier alpha value is -0.0400. The molecule has 1 aliphatic rings. The first-order chi connectivity index (χ1) is 4.20. The van der Waals surface area contributed by atoms with Crippen LogP contribution < -0.4 is 5.73 Å². The summed E-state index contributed by atoms with van der Waals surface area (Å²) in [6, 6.07) is 0.511. The first-order valence-corrected chi connectivity index (χ1v) is 3.95. The van der Waals surface area contributed by atoms with Gasteiger partial charge < -0.3 is 5.73 Å². The number of nitrogens with two attached hydrogens (primary N) is 1. The molecule has 1 saturated carbocycles. The zero-order valence-electron chi connectivity index (χ0n) is 6.43. The molecular formula is C8H17N. The van der Waals surface area contributed by atoms with Crippen LogP contribution in [0.1, 0.15) is 33.1 Å². The molecule has 1 fully saturated rings. The van der Waals surface area contributed by atoms with Gasteiger partial charge in [0.15, 0.2) is 0 Å². The summed E-state index contributed by atoms with van der Waals surface area (Å²) >= 11 is 0. The summed E-state index contributed by atoms with van der Waals surface area (Å²) in [4.78, 5) is 0. The van der Waals surface area contributed by atoms with E-state index < -0.39 is 0 Å². The molecule has 1 aliphatic carbocycles. The van der Waals surface area contributed by atoms with Crippen molar-refractivity contribution >= 4 is 0 Å². The second kappa shape index (κ2) is 2.70. The van der Waals surface area contributed by atoms with Crippen LogP contribution in [0.25, 0.3) is 0 Å². The highest BCUT2D eigenvalue weighted by molar-refractivity contribution is 4.79. The minimum absolute atomic E-state index is 0.511. The van der Waals surface area contributed by atoms with Gasteiger partial charge in [0.25, 0.3) is 0 Å². The van der Waals surface area contributed by atoms with Crippen LogP contribution in [0.3, 0.4) is 0 Å². The van der Waals surface area contributed by atoms with Crippen LogP contribution in [0.5, 0.6) is 0 Å². The Morgan fingerprint density at radius 2 is 2.00 bits per heavy atom. The molecule has 54 valence electrons. The summed E-state index contributed by atoms with van der Waals surface area (Å²) in [5.74, 6) is 1.76. The molecule has 0 bridgehead atoms. The van der Waals surface area contributed by atoms with E-state index in [9.17, 15) is 0 Å². The molecule has 0 heterocycles. The Morgan fingerprint density at radius 3 is 2.22 bits per heavy atom. The van der Waals surface area contributed by atoms with E-state index in [-0.39, 0.29) is 0 Å². The predicted octanol–water partition coefficient (Wildman–Crippen LogP) is 1.77. The highest BCUT2D eigenvalue weighted by Gasteiger charge is 2.23. The molecule has 2 N–H and O–H groups in total. The van der Waals surface area contributed by atoms with Crippen molar-refractivity contribution in [1.29, 1.82) is 0 Å². The van der Waals surface area contributed by atoms with E-state index in [2.05, 4.69) is 13.8 Å². The molecule has 1 nitrogen and oxygen atoms in total. The van der Waals surface area contributed by atoms with Gasteiger partial charge in [-0.15, -0.1) is 0 Å². The van der Waals surface area contributed by atoms with Gasteiger partial charge in [0, 0.05) is 6.04 Å². The van der Waals surface area contributed by atoms with E-state index >= 15 is 0 Å². The maximum Gasteiger partial charge on any atom is 0.00416 e. The summed E-state index contributed by atoms with van der Waals surface area (Å²) in [6.45, 7) is 4.59. The van der Waals surface area contributed by atoms with Gasteiger partial charge in [0.2, 0.25) is 0 Å². The van der Waals surface area contributed by atoms with E-state index in [4.69, 9.17) is 5.73 Å². The Bertz CT molecular complexity index is 88.6. The maximum atomic E-state index is 5.76. The Morgan fingerprint density at radius 1 is 1.33 bits per heavy atom. The first kappa shape index (κ1) is 7.07. The standard InChI is InChI=1S/C8H17N/c1-6(2)7-3-4-8(9)5-7/h6-8H,3-5,9H2,1-2H3/t7?,8-/m1/s1. The number of rotatable bonds is 1. The average Bonchev–Trinajstić information content (AvgIpc) is 2.14. The van der Waals surface area contributed by atoms with Crippen molar-refractivity contribution in [1.82, 2.24) is 0 Å². The number of hydrogen-bond donors (Lipinski definition) is 1. The molecule has 0 spiro atoms. The van der Waals surface area contributed by atoms with E-state index in [0.29, 0.717) is 6.04 Å². The fourth-order valence-electron chi connectivity index (χ4n) is 1.66. The van der Waals surface area contributed by atoms with Crippen molar-refractivity contribution in [3.8, 4) is 0 Å². The Labute approximate surface area is 57.6 Å². The summed E-state index contributed by atoms with van der Waals surface area (Å²) in [5.41, 5.74) is 5.76. The predicted molar refractivity (Wildman–Crippen MR) is 40.2 cm³/mol. The fourth-order valence-corrected chi connectivity index (χ4v) is 1.66. The molecule has 1 unspecified atom stereocenters. The van der Waals surface area contributed by atoms with Crippen LogP contribution >= 0.6 is 0 Å². The molecule has 0 aliphatic heterocycles. The van der Waals surface area contributed by atoms with Gasteiger partial charge in [-0.05, 0) is 31.1 Å². The average molecular weight is 127 g/mol. The smallest absolute Gasteiger partial charge is 0.00416 e. The molecule has 0 aromatic rings. The minimum Gasteiger partial charge on any atom is -0.328 e. The molecule has 0 amide bonds. The lowest BCUT2D eigenvalue weighted by atomic mass is 9.94. The molecule has 0 saturated heterocycles. The second-order valence-electron chi connectivity index (χ2n) is 3.58. The topological polar surface area (TPSA) is 26.0 Å². The van der Waals surface area contributed by atoms with E-state index in [1.807, 2.05) is 0 Å². The van der Waals surface area contributed by atoms with Gasteiger partial charge in [-0.3, -0.25) is 0 Å². The maximum absolute atomic E-state index is 5.76. The molecule has 0 radical (unpaired) electrons. The molecule has 0 aromatic heterocycles. The van der Waals surface area contributed by atoms with Crippen molar-refractivity contribution in [3.63, 3.8) is 0 Å². The molecule has 1 heteroatoms. The summed E-state index contributed by atoms with van der Waals surface area (Å²) < 4.78 is 0. The zero-order chi connectivity index (χ0) is 6.85. The van der Waals surface area contributed by atoms with Crippen molar-refractivity contribution in [3.05, 3.63) is 0 Å². The second-order valence-corrected chi connectivity index (χ2v) is 3.58. The largest absolute Gasteiger partial charge is 0.328 e. The quantitative estimate of drug-likeness (QED) is 0.570. The minimum atomic E-state index is 0.511. The van der Waals surface area contributed by atoms with Gasteiger partial charge in [-0.1, -0.05) is 13.8 Å². The fraction of sp³-hybridized carbons (Fsp3) is 1.00. The summed E-state index contributed by atoms with van der Waals surface area (Å²) in [7, 11) is 0. The Balaban J connectivity index is 2.30. The van der Waals surface area contributed by atoms with Gasteiger partial charge in [-0.25, -0.2) is 0 Å². The van der Waals surface area contributed by atoms with Gasteiger partial charge in [0.1, 0.15) is 0 Å². The van der Waals surface area contributed by atoms with E-state index in [1.54, 1.807) is 0 Å². The van der Waals surface area contributed by atoms with Gasteiger partial charge in [0.05, 0.1) is 0 Å². The van der Waals surface area contributed by atoms with Crippen LogP contribution in [0.2, 0.25) is 0 Å². The third-order valence-corrected chi connectivity index (χ3v) is 2.46. The highest BCUT2D eigenvalue weighted by Crippen LogP contribution is 2.29. The van der Waals surface area contributed by atoms with E-state index in [1.165, 1.54) is 19.3 Å². The molecule has 2 atom stereocenters. The normalized spacial score (nSPS) is 36.0. The third-order valence-electron chi connectivity index (χ3n) is 2.46. The molecule has 1 rings (SSSR count). The lowest BCUT2D eigenvalue weighted by Gasteiger charge is -2.12. The van der Waals surface area contributed by atoms with Crippen LogP contribution in [-0.4, -0.2) is 6.04 Å². The van der Waals surface area contributed by atoms with Crippen molar-refractivity contribution in [2.75, 3.05) is 0 Å².